The molecule has 0 aromatic carbocycles. The number of carbonyl (C=O) groups is 3. The van der Waals surface area contributed by atoms with E-state index in [1.165, 1.54) is 334 Å². The van der Waals surface area contributed by atoms with Crippen LogP contribution in [-0.4, -0.2) is 82.3 Å². The third-order valence-electron chi connectivity index (χ3n) is 17.4. The van der Waals surface area contributed by atoms with E-state index in [1.54, 1.807) is 0 Å². The summed E-state index contributed by atoms with van der Waals surface area (Å²) in [7, 11) is 5.95. The van der Waals surface area contributed by atoms with Crippen molar-refractivity contribution in [1.29, 1.82) is 0 Å². The predicted octanol–water partition coefficient (Wildman–Crippen LogP) is 21.7. The largest absolute Gasteiger partial charge is 0.545 e. The molecule has 494 valence electrons. The number of esters is 2. The molecule has 0 radical (unpaired) electrons. The number of carboxylic acids is 1. The van der Waals surface area contributed by atoms with Gasteiger partial charge in [0, 0.05) is 12.8 Å². The molecule has 0 N–H and O–H groups in total. The molecule has 0 saturated carbocycles. The van der Waals surface area contributed by atoms with Crippen LogP contribution in [0.25, 0.3) is 0 Å². The van der Waals surface area contributed by atoms with Crippen LogP contribution in [0.3, 0.4) is 0 Å². The number of likely N-dealkylation sites (N-methyl/N-ethyl adjacent to an activating group) is 1. The Balaban J connectivity index is 3.99. The van der Waals surface area contributed by atoms with Gasteiger partial charge in [-0.15, -0.1) is 0 Å². The maximum atomic E-state index is 12.9. The fourth-order valence-electron chi connectivity index (χ4n) is 11.7. The minimum Gasteiger partial charge on any atom is -0.545 e. The van der Waals surface area contributed by atoms with Crippen LogP contribution in [0, 0.1) is 0 Å². The summed E-state index contributed by atoms with van der Waals surface area (Å²) in [6.45, 7) is 4.85. The van der Waals surface area contributed by atoms with Crippen molar-refractivity contribution in [2.45, 2.75) is 411 Å². The van der Waals surface area contributed by atoms with E-state index in [0.717, 1.165) is 38.5 Å². The van der Waals surface area contributed by atoms with Gasteiger partial charge in [-0.1, -0.05) is 373 Å². The van der Waals surface area contributed by atoms with Crippen LogP contribution in [0.15, 0.2) is 0 Å². The van der Waals surface area contributed by atoms with Crippen LogP contribution < -0.4 is 5.11 Å². The van der Waals surface area contributed by atoms with Gasteiger partial charge in [0.1, 0.15) is 13.2 Å². The zero-order valence-electron chi connectivity index (χ0n) is 56.6. The first-order valence-corrected chi connectivity index (χ1v) is 37.2. The molecule has 0 aromatic heterocycles. The number of carboxylic acid groups (broad SMARTS) is 1. The van der Waals surface area contributed by atoms with Crippen molar-refractivity contribution in [2.75, 3.05) is 47.5 Å². The number of rotatable bonds is 71. The molecule has 0 aromatic rings. The number of hydrogen-bond donors (Lipinski definition) is 0. The first kappa shape index (κ1) is 81.3. The van der Waals surface area contributed by atoms with E-state index >= 15 is 0 Å². The van der Waals surface area contributed by atoms with Gasteiger partial charge in [0.05, 0.1) is 40.3 Å². The number of carbonyl (C=O) groups excluding carboxylic acids is 3. The second-order valence-electron chi connectivity index (χ2n) is 27.0. The highest BCUT2D eigenvalue weighted by atomic mass is 16.7. The monoisotopic (exact) mass is 1180 g/mol. The molecule has 0 rings (SSSR count). The van der Waals surface area contributed by atoms with Crippen LogP contribution in [-0.2, 0) is 33.3 Å². The van der Waals surface area contributed by atoms with Crippen LogP contribution in [0.1, 0.15) is 399 Å². The van der Waals surface area contributed by atoms with Gasteiger partial charge in [-0.3, -0.25) is 9.59 Å². The average molecular weight is 1180 g/mol. The minimum absolute atomic E-state index is 0.154. The topological polar surface area (TPSA) is 111 Å². The molecule has 0 spiro atoms. The highest BCUT2D eigenvalue weighted by molar-refractivity contribution is 5.70. The zero-order chi connectivity index (χ0) is 60.5. The molecule has 0 amide bonds. The van der Waals surface area contributed by atoms with Crippen molar-refractivity contribution < 1.29 is 42.9 Å². The highest BCUT2D eigenvalue weighted by Crippen LogP contribution is 2.20. The van der Waals surface area contributed by atoms with Crippen molar-refractivity contribution in [3.8, 4) is 0 Å². The lowest BCUT2D eigenvalue weighted by Crippen LogP contribution is -2.44. The summed E-state index contributed by atoms with van der Waals surface area (Å²) in [5, 5.41) is 11.8. The van der Waals surface area contributed by atoms with Crippen LogP contribution in [0.2, 0.25) is 0 Å². The van der Waals surface area contributed by atoms with E-state index < -0.39 is 24.3 Å². The second kappa shape index (κ2) is 66.2. The van der Waals surface area contributed by atoms with Crippen molar-refractivity contribution in [3.63, 3.8) is 0 Å². The number of ether oxygens (including phenoxy) is 4. The number of unbranched alkanes of at least 4 members (excludes halogenated alkanes) is 56. The summed E-state index contributed by atoms with van der Waals surface area (Å²) in [5.41, 5.74) is 0. The lowest BCUT2D eigenvalue weighted by Gasteiger charge is -2.26. The smallest absolute Gasteiger partial charge is 0.306 e. The summed E-state index contributed by atoms with van der Waals surface area (Å²) < 4.78 is 22.9. The second-order valence-corrected chi connectivity index (χ2v) is 27.0. The van der Waals surface area contributed by atoms with E-state index in [4.69, 9.17) is 18.9 Å². The van der Waals surface area contributed by atoms with Crippen LogP contribution in [0.5, 0.6) is 0 Å². The fraction of sp³-hybridized carbons (Fsp3) is 0.959. The quantitative estimate of drug-likeness (QED) is 0.0256. The summed E-state index contributed by atoms with van der Waals surface area (Å²) in [6, 6.07) is 0. The standard InChI is InChI=1S/C74H145NO8/c1-6-8-10-12-14-16-18-20-22-24-26-28-30-32-33-34-35-36-37-38-39-41-43-45-47-49-51-53-55-57-59-61-63-65-72(77)83-70(69-82-74(73(78)79)80-67-66-75(3,4)5)68-81-71(76)64-62-60-58-56-54-52-50-48-46-44-42-40-31-29-27-25-23-21-19-17-15-13-11-9-7-2/h70,74H,6-69H2,1-5H3. The molecular formula is C74H145NO8. The molecule has 0 aliphatic heterocycles. The Kier molecular flexibility index (Phi) is 64.9. The molecule has 0 heterocycles. The molecule has 0 bridgehead atoms. The van der Waals surface area contributed by atoms with Crippen molar-refractivity contribution in [3.05, 3.63) is 0 Å². The van der Waals surface area contributed by atoms with E-state index in [9.17, 15) is 19.5 Å². The third-order valence-corrected chi connectivity index (χ3v) is 17.4. The number of aliphatic carboxylic acids is 1. The van der Waals surface area contributed by atoms with E-state index in [1.807, 2.05) is 21.1 Å². The van der Waals surface area contributed by atoms with Gasteiger partial charge in [0.15, 0.2) is 12.4 Å². The van der Waals surface area contributed by atoms with Crippen molar-refractivity contribution in [2.24, 2.45) is 0 Å². The van der Waals surface area contributed by atoms with Gasteiger partial charge in [-0.25, -0.2) is 0 Å². The first-order chi connectivity index (χ1) is 40.6. The molecule has 9 nitrogen and oxygen atoms in total. The Morgan fingerprint density at radius 1 is 0.313 bits per heavy atom. The fourth-order valence-corrected chi connectivity index (χ4v) is 11.7. The van der Waals surface area contributed by atoms with E-state index in [0.29, 0.717) is 17.4 Å². The maximum absolute atomic E-state index is 12.9. The highest BCUT2D eigenvalue weighted by Gasteiger charge is 2.22. The van der Waals surface area contributed by atoms with Gasteiger partial charge >= 0.3 is 11.9 Å². The van der Waals surface area contributed by atoms with Gasteiger partial charge in [0.2, 0.25) is 0 Å². The van der Waals surface area contributed by atoms with E-state index in [2.05, 4.69) is 13.8 Å². The molecule has 0 aliphatic rings. The number of quaternary nitrogens is 1. The third kappa shape index (κ3) is 67.7. The Labute approximate surface area is 517 Å². The maximum Gasteiger partial charge on any atom is 0.306 e. The lowest BCUT2D eigenvalue weighted by molar-refractivity contribution is -0.870. The van der Waals surface area contributed by atoms with Crippen molar-refractivity contribution in [1.82, 2.24) is 0 Å². The van der Waals surface area contributed by atoms with Gasteiger partial charge in [-0.2, -0.15) is 0 Å². The predicted molar refractivity (Wildman–Crippen MR) is 353 cm³/mol. The average Bonchev–Trinajstić information content (AvgIpc) is 3.46. The normalized spacial score (nSPS) is 12.5. The molecule has 2 unspecified atom stereocenters. The SMILES string of the molecule is CCCCCCCCCCCCCCCCCCCCCCCCCCCCCCCCCCCC(=O)OC(COC(=O)CCCCCCCCCCCCCCCCCCCCCCCCCCC)COC(OCC[N+](C)(C)C)C(=O)[O-]. The Bertz CT molecular complexity index is 1320. The van der Waals surface area contributed by atoms with Gasteiger partial charge in [-0.05, 0) is 12.8 Å². The molecule has 2 atom stereocenters. The molecule has 83 heavy (non-hydrogen) atoms. The molecular weight excluding hydrogens is 1030 g/mol. The van der Waals surface area contributed by atoms with Crippen molar-refractivity contribution >= 4 is 17.9 Å². The Morgan fingerprint density at radius 2 is 0.542 bits per heavy atom. The molecule has 0 aliphatic carbocycles. The number of nitrogens with zero attached hydrogens (tertiary/aromatic N) is 1. The zero-order valence-corrected chi connectivity index (χ0v) is 56.6. The molecule has 0 fully saturated rings. The summed E-state index contributed by atoms with van der Waals surface area (Å²) >= 11 is 0. The van der Waals surface area contributed by atoms with Gasteiger partial charge in [0.25, 0.3) is 0 Å². The molecule has 0 saturated heterocycles. The van der Waals surface area contributed by atoms with E-state index in [-0.39, 0.29) is 32.2 Å². The van der Waals surface area contributed by atoms with Gasteiger partial charge < -0.3 is 33.3 Å². The summed E-state index contributed by atoms with van der Waals surface area (Å²) in [4.78, 5) is 37.5. The summed E-state index contributed by atoms with van der Waals surface area (Å²) in [6.07, 6.45) is 76.4. The first-order valence-electron chi connectivity index (χ1n) is 37.2. The van der Waals surface area contributed by atoms with Crippen LogP contribution in [0.4, 0.5) is 0 Å². The molecule has 9 heteroatoms. The minimum atomic E-state index is -1.62. The summed E-state index contributed by atoms with van der Waals surface area (Å²) in [5.74, 6) is -2.24. The lowest BCUT2D eigenvalue weighted by atomic mass is 10.0. The number of hydrogen-bond acceptors (Lipinski definition) is 8. The Hall–Kier alpha value is -1.71. The van der Waals surface area contributed by atoms with Crippen LogP contribution >= 0.6 is 0 Å². The Morgan fingerprint density at radius 3 is 0.771 bits per heavy atom.